The lowest BCUT2D eigenvalue weighted by molar-refractivity contribution is 0.517. The van der Waals surface area contributed by atoms with E-state index in [2.05, 4.69) is 0 Å². The molecule has 3 aromatic carbocycles. The van der Waals surface area contributed by atoms with Crippen molar-refractivity contribution in [1.29, 1.82) is 0 Å². The zero-order valence-electron chi connectivity index (χ0n) is 9.58. The Morgan fingerprint density at radius 3 is 2.00 bits per heavy atom. The van der Waals surface area contributed by atoms with Crippen molar-refractivity contribution >= 4 is 67.9 Å². The lowest BCUT2D eigenvalue weighted by atomic mass is 10.0. The Morgan fingerprint density at radius 1 is 0.650 bits per heavy atom. The predicted octanol–water partition coefficient (Wildman–Crippen LogP) is 6.88. The maximum absolute atomic E-state index is 14.0. The highest BCUT2D eigenvalue weighted by Crippen LogP contribution is 2.43. The number of benzene rings is 3. The second-order valence-corrected chi connectivity index (χ2v) is 5.74. The van der Waals surface area contributed by atoms with Gasteiger partial charge in [0.05, 0.1) is 20.1 Å². The minimum Gasteiger partial charge on any atom is -0.203 e. The van der Waals surface area contributed by atoms with Crippen LogP contribution in [0.15, 0.2) is 24.3 Å². The van der Waals surface area contributed by atoms with Crippen molar-refractivity contribution in [2.75, 3.05) is 0 Å². The monoisotopic (exact) mass is 350 g/mol. The Labute approximate surface area is 132 Å². The molecule has 0 aliphatic carbocycles. The van der Waals surface area contributed by atoms with Crippen LogP contribution in [0.4, 0.5) is 8.78 Å². The standard InChI is InChI=1S/C14H4Cl4F2/c15-7-4-2-5-1-3-6-9(8(5)10(7)16)11(17)12(18)14(20)13(6)19/h1-4H. The zero-order chi connectivity index (χ0) is 14.6. The first kappa shape index (κ1) is 14.2. The molecule has 0 fully saturated rings. The summed E-state index contributed by atoms with van der Waals surface area (Å²) in [6.07, 6.45) is 0. The second-order valence-electron chi connectivity index (χ2n) is 4.20. The van der Waals surface area contributed by atoms with Crippen LogP contribution in [0.5, 0.6) is 0 Å². The number of hydrogen-bond donors (Lipinski definition) is 0. The molecule has 0 unspecified atom stereocenters. The van der Waals surface area contributed by atoms with Gasteiger partial charge in [-0.15, -0.1) is 0 Å². The van der Waals surface area contributed by atoms with Crippen LogP contribution in [0.1, 0.15) is 0 Å². The summed E-state index contributed by atoms with van der Waals surface area (Å²) in [5, 5.41) is 1.37. The Morgan fingerprint density at radius 2 is 1.30 bits per heavy atom. The molecule has 0 aliphatic heterocycles. The van der Waals surface area contributed by atoms with Gasteiger partial charge in [0.25, 0.3) is 0 Å². The third-order valence-corrected chi connectivity index (χ3v) is 4.74. The third kappa shape index (κ3) is 1.86. The molecule has 3 aromatic rings. The fourth-order valence-electron chi connectivity index (χ4n) is 2.18. The molecule has 3 rings (SSSR count). The van der Waals surface area contributed by atoms with E-state index in [9.17, 15) is 8.78 Å². The van der Waals surface area contributed by atoms with Crippen molar-refractivity contribution in [3.63, 3.8) is 0 Å². The molecule has 0 N–H and O–H groups in total. The quantitative estimate of drug-likeness (QED) is 0.235. The molecule has 20 heavy (non-hydrogen) atoms. The highest BCUT2D eigenvalue weighted by atomic mass is 35.5. The summed E-state index contributed by atoms with van der Waals surface area (Å²) in [5.74, 6) is -2.24. The van der Waals surface area contributed by atoms with Gasteiger partial charge in [0.1, 0.15) is 0 Å². The summed E-state index contributed by atoms with van der Waals surface area (Å²) in [6.45, 7) is 0. The van der Waals surface area contributed by atoms with Crippen LogP contribution in [-0.2, 0) is 0 Å². The molecule has 0 radical (unpaired) electrons. The van der Waals surface area contributed by atoms with Gasteiger partial charge in [0.2, 0.25) is 0 Å². The first-order valence-electron chi connectivity index (χ1n) is 5.46. The van der Waals surface area contributed by atoms with Crippen molar-refractivity contribution < 1.29 is 8.78 Å². The van der Waals surface area contributed by atoms with E-state index in [1.54, 1.807) is 18.2 Å². The molecular formula is C14H4Cl4F2. The third-order valence-electron chi connectivity index (χ3n) is 3.11. The van der Waals surface area contributed by atoms with Crippen LogP contribution in [0.2, 0.25) is 20.1 Å². The lowest BCUT2D eigenvalue weighted by Gasteiger charge is -2.11. The number of rotatable bonds is 0. The van der Waals surface area contributed by atoms with Gasteiger partial charge < -0.3 is 0 Å². The van der Waals surface area contributed by atoms with Gasteiger partial charge in [0.15, 0.2) is 11.6 Å². The molecule has 0 bridgehead atoms. The van der Waals surface area contributed by atoms with Gasteiger partial charge in [-0.3, -0.25) is 0 Å². The second kappa shape index (κ2) is 4.88. The molecular weight excluding hydrogens is 348 g/mol. The summed E-state index contributed by atoms with van der Waals surface area (Å²) in [5.41, 5.74) is 0. The molecule has 0 aliphatic rings. The largest absolute Gasteiger partial charge is 0.203 e. The van der Waals surface area contributed by atoms with E-state index < -0.39 is 16.7 Å². The van der Waals surface area contributed by atoms with Crippen molar-refractivity contribution in [3.05, 3.63) is 56.0 Å². The van der Waals surface area contributed by atoms with Gasteiger partial charge in [-0.2, -0.15) is 0 Å². The average Bonchev–Trinajstić information content (AvgIpc) is 2.45. The van der Waals surface area contributed by atoms with Crippen molar-refractivity contribution in [2.45, 2.75) is 0 Å². The summed E-state index contributed by atoms with van der Waals surface area (Å²) in [6, 6.07) is 6.39. The lowest BCUT2D eigenvalue weighted by Crippen LogP contribution is -1.92. The summed E-state index contributed by atoms with van der Waals surface area (Å²) < 4.78 is 27.7. The molecule has 0 atom stereocenters. The maximum atomic E-state index is 14.0. The van der Waals surface area contributed by atoms with E-state index in [4.69, 9.17) is 46.4 Å². The van der Waals surface area contributed by atoms with E-state index >= 15 is 0 Å². The van der Waals surface area contributed by atoms with Gasteiger partial charge in [-0.25, -0.2) is 8.78 Å². The number of halogens is 6. The topological polar surface area (TPSA) is 0 Å². The zero-order valence-corrected chi connectivity index (χ0v) is 12.6. The molecule has 0 heterocycles. The molecule has 6 heteroatoms. The molecule has 0 saturated carbocycles. The fraction of sp³-hybridized carbons (Fsp3) is 0. The molecule has 102 valence electrons. The van der Waals surface area contributed by atoms with Crippen molar-refractivity contribution in [1.82, 2.24) is 0 Å². The first-order chi connectivity index (χ1) is 9.43. The maximum Gasteiger partial charge on any atom is 0.179 e. The number of hydrogen-bond acceptors (Lipinski definition) is 0. The van der Waals surface area contributed by atoms with Gasteiger partial charge >= 0.3 is 0 Å². The van der Waals surface area contributed by atoms with E-state index in [0.29, 0.717) is 15.8 Å². The van der Waals surface area contributed by atoms with Crippen LogP contribution in [0.3, 0.4) is 0 Å². The molecule has 0 saturated heterocycles. The normalized spacial score (nSPS) is 11.5. The highest BCUT2D eigenvalue weighted by molar-refractivity contribution is 6.50. The average molecular weight is 352 g/mol. The SMILES string of the molecule is Fc1c(Cl)c(Cl)c2c(ccc3ccc(Cl)c(Cl)c32)c1F. The van der Waals surface area contributed by atoms with E-state index in [1.165, 1.54) is 6.07 Å². The Kier molecular flexibility index (Phi) is 3.46. The minimum absolute atomic E-state index is 0.00793. The van der Waals surface area contributed by atoms with Gasteiger partial charge in [-0.05, 0) is 11.5 Å². The first-order valence-corrected chi connectivity index (χ1v) is 6.97. The fourth-order valence-corrected chi connectivity index (χ4v) is 3.06. The summed E-state index contributed by atoms with van der Waals surface area (Å²) in [4.78, 5) is 0. The molecule has 0 aromatic heterocycles. The van der Waals surface area contributed by atoms with E-state index in [1.807, 2.05) is 0 Å². The van der Waals surface area contributed by atoms with Crippen LogP contribution in [0, 0.1) is 11.6 Å². The van der Waals surface area contributed by atoms with Crippen molar-refractivity contribution in [3.8, 4) is 0 Å². The Bertz CT molecular complexity index is 875. The molecule has 0 nitrogen and oxygen atoms in total. The predicted molar refractivity (Wildman–Crippen MR) is 81.4 cm³/mol. The molecule has 0 spiro atoms. The number of fused-ring (bicyclic) bond motifs is 3. The Hall–Kier alpha value is -0.800. The smallest absolute Gasteiger partial charge is 0.179 e. The minimum atomic E-state index is -1.18. The van der Waals surface area contributed by atoms with Gasteiger partial charge in [0, 0.05) is 16.2 Å². The van der Waals surface area contributed by atoms with Crippen LogP contribution in [-0.4, -0.2) is 0 Å². The van der Waals surface area contributed by atoms with Gasteiger partial charge in [-0.1, -0.05) is 64.6 Å². The summed E-state index contributed by atoms with van der Waals surface area (Å²) >= 11 is 23.9. The van der Waals surface area contributed by atoms with Crippen LogP contribution >= 0.6 is 46.4 Å². The van der Waals surface area contributed by atoms with Crippen LogP contribution < -0.4 is 0 Å². The van der Waals surface area contributed by atoms with Crippen molar-refractivity contribution in [2.24, 2.45) is 0 Å². The highest BCUT2D eigenvalue weighted by Gasteiger charge is 2.20. The van der Waals surface area contributed by atoms with Crippen LogP contribution in [0.25, 0.3) is 21.5 Å². The Balaban J connectivity index is 2.71. The van der Waals surface area contributed by atoms with E-state index in [-0.39, 0.29) is 20.8 Å². The molecule has 0 amide bonds. The summed E-state index contributed by atoms with van der Waals surface area (Å²) in [7, 11) is 0. The van der Waals surface area contributed by atoms with E-state index in [0.717, 1.165) is 0 Å².